The summed E-state index contributed by atoms with van der Waals surface area (Å²) in [6.45, 7) is 6.79. The molecule has 0 atom stereocenters. The predicted octanol–water partition coefficient (Wildman–Crippen LogP) is 2.02. The van der Waals surface area contributed by atoms with Gasteiger partial charge in [-0.3, -0.25) is 4.57 Å². The number of imidazole rings is 1. The van der Waals surface area contributed by atoms with Crippen LogP contribution in [0.2, 0.25) is 0 Å². The lowest BCUT2D eigenvalue weighted by molar-refractivity contribution is 0.144. The highest BCUT2D eigenvalue weighted by Crippen LogP contribution is 2.22. The summed E-state index contributed by atoms with van der Waals surface area (Å²) in [4.78, 5) is 19.2. The van der Waals surface area contributed by atoms with Crippen molar-refractivity contribution in [2.75, 3.05) is 26.1 Å². The van der Waals surface area contributed by atoms with Crippen LogP contribution in [0.25, 0.3) is 11.0 Å². The van der Waals surface area contributed by atoms with Crippen LogP contribution in [0.4, 0.5) is 5.82 Å². The van der Waals surface area contributed by atoms with Gasteiger partial charge in [0, 0.05) is 13.2 Å². The van der Waals surface area contributed by atoms with Crippen molar-refractivity contribution < 1.29 is 9.47 Å². The van der Waals surface area contributed by atoms with E-state index < -0.39 is 0 Å². The molecular formula is C17H22N4O3. The summed E-state index contributed by atoms with van der Waals surface area (Å²) in [5.74, 6) is 0.570. The Balaban J connectivity index is 2.45. The first-order valence-corrected chi connectivity index (χ1v) is 7.55. The monoisotopic (exact) mass is 330 g/mol. The molecule has 0 fully saturated rings. The number of aromatic nitrogens is 3. The van der Waals surface area contributed by atoms with Crippen LogP contribution in [0.3, 0.4) is 0 Å². The quantitative estimate of drug-likeness (QED) is 0.570. The van der Waals surface area contributed by atoms with Gasteiger partial charge in [-0.15, -0.1) is 0 Å². The maximum Gasteiger partial charge on any atom is 0.326 e. The summed E-state index contributed by atoms with van der Waals surface area (Å²) in [5.41, 5.74) is 7.76. The SMILES string of the molecule is C=C/C=C(\C=C/C)Cn1c(=O)[nH]c2c(N)nc(OCCOC)cc21. The first-order chi connectivity index (χ1) is 11.6. The van der Waals surface area contributed by atoms with Crippen LogP contribution in [0.15, 0.2) is 47.3 Å². The number of fused-ring (bicyclic) bond motifs is 1. The van der Waals surface area contributed by atoms with E-state index in [9.17, 15) is 4.79 Å². The Labute approximate surface area is 140 Å². The molecule has 0 aliphatic rings. The smallest absolute Gasteiger partial charge is 0.326 e. The highest BCUT2D eigenvalue weighted by molar-refractivity contribution is 5.85. The number of ether oxygens (including phenoxy) is 2. The second-order valence-electron chi connectivity index (χ2n) is 5.07. The van der Waals surface area contributed by atoms with Crippen molar-refractivity contribution in [3.63, 3.8) is 0 Å². The molecule has 0 spiro atoms. The number of nitrogens with zero attached hydrogens (tertiary/aromatic N) is 2. The summed E-state index contributed by atoms with van der Waals surface area (Å²) >= 11 is 0. The van der Waals surface area contributed by atoms with Crippen LogP contribution in [0.5, 0.6) is 5.88 Å². The highest BCUT2D eigenvalue weighted by atomic mass is 16.5. The van der Waals surface area contributed by atoms with E-state index in [4.69, 9.17) is 15.2 Å². The summed E-state index contributed by atoms with van der Waals surface area (Å²) in [5, 5.41) is 0. The van der Waals surface area contributed by atoms with Crippen LogP contribution >= 0.6 is 0 Å². The lowest BCUT2D eigenvalue weighted by atomic mass is 10.2. The summed E-state index contributed by atoms with van der Waals surface area (Å²) in [6, 6.07) is 1.69. The number of rotatable bonds is 8. The van der Waals surface area contributed by atoms with Gasteiger partial charge in [-0.2, -0.15) is 4.98 Å². The minimum atomic E-state index is -0.257. The number of anilines is 1. The van der Waals surface area contributed by atoms with E-state index in [1.165, 1.54) is 0 Å². The van der Waals surface area contributed by atoms with E-state index in [-0.39, 0.29) is 11.5 Å². The van der Waals surface area contributed by atoms with Crippen LogP contribution in [-0.4, -0.2) is 34.9 Å². The summed E-state index contributed by atoms with van der Waals surface area (Å²) in [6.07, 6.45) is 7.37. The summed E-state index contributed by atoms with van der Waals surface area (Å²) < 4.78 is 12.0. The number of hydrogen-bond donors (Lipinski definition) is 2. The maximum absolute atomic E-state index is 12.3. The molecule has 128 valence electrons. The van der Waals surface area contributed by atoms with Gasteiger partial charge in [0.25, 0.3) is 0 Å². The van der Waals surface area contributed by atoms with Gasteiger partial charge < -0.3 is 20.2 Å². The largest absolute Gasteiger partial charge is 0.475 e. The molecule has 0 saturated heterocycles. The molecule has 7 nitrogen and oxygen atoms in total. The fourth-order valence-electron chi connectivity index (χ4n) is 2.32. The zero-order chi connectivity index (χ0) is 17.5. The fourth-order valence-corrected chi connectivity index (χ4v) is 2.32. The van der Waals surface area contributed by atoms with Crippen molar-refractivity contribution >= 4 is 16.9 Å². The molecule has 24 heavy (non-hydrogen) atoms. The standard InChI is InChI=1S/C17H22N4O3/c1-4-6-12(7-5-2)11-21-13-10-14(24-9-8-23-3)19-16(18)15(13)20-17(21)22/h4-7,10H,1,8-9,11H2,2-3H3,(H2,18,19)(H,20,22)/b7-5-,12-6+. The molecule has 0 aromatic carbocycles. The van der Waals surface area contributed by atoms with Crippen LogP contribution in [-0.2, 0) is 11.3 Å². The topological polar surface area (TPSA) is 95.2 Å². The Hall–Kier alpha value is -2.80. The third kappa shape index (κ3) is 3.94. The van der Waals surface area contributed by atoms with Gasteiger partial charge in [0.1, 0.15) is 12.1 Å². The molecule has 3 N–H and O–H groups in total. The Morgan fingerprint density at radius 1 is 1.50 bits per heavy atom. The van der Waals surface area contributed by atoms with Crippen LogP contribution in [0, 0.1) is 0 Å². The molecule has 0 aliphatic carbocycles. The second-order valence-corrected chi connectivity index (χ2v) is 5.07. The van der Waals surface area contributed by atoms with E-state index in [1.54, 1.807) is 23.8 Å². The first kappa shape index (κ1) is 17.6. The number of nitrogens with one attached hydrogen (secondary N) is 1. The number of nitrogens with two attached hydrogens (primary N) is 1. The second kappa shape index (κ2) is 8.16. The molecule has 0 aliphatic heterocycles. The van der Waals surface area contributed by atoms with Gasteiger partial charge in [0.05, 0.1) is 18.7 Å². The van der Waals surface area contributed by atoms with Crippen LogP contribution < -0.4 is 16.2 Å². The normalized spacial score (nSPS) is 12.2. The van der Waals surface area contributed by atoms with Crippen molar-refractivity contribution in [3.8, 4) is 5.88 Å². The number of pyridine rings is 1. The molecule has 0 unspecified atom stereocenters. The van der Waals surface area contributed by atoms with E-state index in [0.717, 1.165) is 5.57 Å². The molecule has 0 bridgehead atoms. The van der Waals surface area contributed by atoms with E-state index in [1.807, 2.05) is 25.2 Å². The average molecular weight is 330 g/mol. The zero-order valence-corrected chi connectivity index (χ0v) is 13.9. The number of methoxy groups -OCH3 is 1. The third-order valence-electron chi connectivity index (χ3n) is 3.36. The molecule has 2 aromatic rings. The van der Waals surface area contributed by atoms with Gasteiger partial charge in [-0.25, -0.2) is 4.79 Å². The molecule has 7 heteroatoms. The summed E-state index contributed by atoms with van der Waals surface area (Å²) in [7, 11) is 1.59. The molecule has 2 rings (SSSR count). The van der Waals surface area contributed by atoms with Crippen LogP contribution in [0.1, 0.15) is 6.92 Å². The Bertz CT molecular complexity index is 830. The number of nitrogen functional groups attached to an aromatic ring is 1. The van der Waals surface area contributed by atoms with Gasteiger partial charge in [-0.1, -0.05) is 30.9 Å². The molecule has 0 amide bonds. The zero-order valence-electron chi connectivity index (χ0n) is 13.9. The van der Waals surface area contributed by atoms with Gasteiger partial charge in [0.2, 0.25) is 5.88 Å². The lowest BCUT2D eigenvalue weighted by Gasteiger charge is -2.08. The molecule has 0 saturated carbocycles. The molecule has 2 heterocycles. The minimum absolute atomic E-state index is 0.219. The molecule has 0 radical (unpaired) electrons. The minimum Gasteiger partial charge on any atom is -0.475 e. The number of allylic oxidation sites excluding steroid dienone is 5. The van der Waals surface area contributed by atoms with Crippen molar-refractivity contribution in [2.24, 2.45) is 0 Å². The third-order valence-corrected chi connectivity index (χ3v) is 3.36. The molecular weight excluding hydrogens is 308 g/mol. The van der Waals surface area contributed by atoms with Gasteiger partial charge in [-0.05, 0) is 12.5 Å². The van der Waals surface area contributed by atoms with Gasteiger partial charge >= 0.3 is 5.69 Å². The van der Waals surface area contributed by atoms with Crippen molar-refractivity contribution in [1.29, 1.82) is 0 Å². The van der Waals surface area contributed by atoms with E-state index in [0.29, 0.717) is 36.7 Å². The van der Waals surface area contributed by atoms with Crippen molar-refractivity contribution in [3.05, 3.63) is 53.0 Å². The van der Waals surface area contributed by atoms with Gasteiger partial charge in [0.15, 0.2) is 5.82 Å². The van der Waals surface area contributed by atoms with Crippen molar-refractivity contribution in [1.82, 2.24) is 14.5 Å². The first-order valence-electron chi connectivity index (χ1n) is 7.55. The van der Waals surface area contributed by atoms with E-state index >= 15 is 0 Å². The lowest BCUT2D eigenvalue weighted by Crippen LogP contribution is -2.17. The van der Waals surface area contributed by atoms with Crippen molar-refractivity contribution in [2.45, 2.75) is 13.5 Å². The highest BCUT2D eigenvalue weighted by Gasteiger charge is 2.13. The number of H-pyrrole nitrogens is 1. The number of hydrogen-bond acceptors (Lipinski definition) is 5. The maximum atomic E-state index is 12.3. The number of aromatic amines is 1. The predicted molar refractivity (Wildman–Crippen MR) is 95.2 cm³/mol. The Morgan fingerprint density at radius 2 is 2.29 bits per heavy atom. The Morgan fingerprint density at radius 3 is 2.96 bits per heavy atom. The molecule has 2 aromatic heterocycles. The van der Waals surface area contributed by atoms with E-state index in [2.05, 4.69) is 16.5 Å². The average Bonchev–Trinajstić information content (AvgIpc) is 2.85. The Kier molecular flexibility index (Phi) is 5.97. The fraction of sp³-hybridized carbons (Fsp3) is 0.294.